The van der Waals surface area contributed by atoms with Gasteiger partial charge in [-0.2, -0.15) is 0 Å². The third-order valence-electron chi connectivity index (χ3n) is 13.9. The van der Waals surface area contributed by atoms with Crippen molar-refractivity contribution in [3.8, 4) is 5.75 Å². The fourth-order valence-electron chi connectivity index (χ4n) is 10.3. The number of allylic oxidation sites excluding steroid dienone is 2. The quantitative estimate of drug-likeness (QED) is 0.0244. The van der Waals surface area contributed by atoms with Crippen molar-refractivity contribution >= 4 is 60.0 Å². The standard InChI is InChI=1S/C21H16.C20H32O5.C15H23N3O4S/c1-13-11-15-6-4-7-16-12-19-17-8-3-2-5-14(17)9-10-18(19)20(13)21(15)16;1-2-3-6-9-15(21)12-13-17-16(18(22)14-19(17)23)10-7-4-5-8-11-20(24)25;1-3-18-8-4-5-11(18)10-17-15(19)13-9-12(23(16,20)21)6-7-14(13)22-2/h2-10,12-13H,11H2,1H3;4,7,12-13,15-17,19,21,23H,2-3,5-6,8-11,14H2,1H3,(H,24,25);6-7,9,11H,3-5,8,10H2,1-2H3,(H,17,19)(H2,16,20,21)/b;7-4-,13-12+;/t;15-,16+,17+,19+;/m.0./s1. The Bertz CT molecular complexity index is 2750. The lowest BCUT2D eigenvalue weighted by atomic mass is 9.90. The summed E-state index contributed by atoms with van der Waals surface area (Å²) < 4.78 is 28.1. The number of hydrogen-bond donors (Lipinski definition) is 5. The summed E-state index contributed by atoms with van der Waals surface area (Å²) in [5.41, 5.74) is 3.24. The van der Waals surface area contributed by atoms with Crippen LogP contribution in [0.15, 0.2) is 108 Å². The van der Waals surface area contributed by atoms with E-state index in [1.807, 2.05) is 12.2 Å². The van der Waals surface area contributed by atoms with Crippen LogP contribution < -0.4 is 15.2 Å². The highest BCUT2D eigenvalue weighted by atomic mass is 32.2. The number of sulfonamides is 1. The zero-order chi connectivity index (χ0) is 49.7. The van der Waals surface area contributed by atoms with E-state index in [1.54, 1.807) is 17.7 Å². The number of carboxylic acids is 1. The molecule has 8 rings (SSSR count). The summed E-state index contributed by atoms with van der Waals surface area (Å²) in [6, 6.07) is 26.8. The maximum Gasteiger partial charge on any atom is 0.303 e. The van der Waals surface area contributed by atoms with Crippen LogP contribution >= 0.6 is 0 Å². The van der Waals surface area contributed by atoms with Crippen molar-refractivity contribution in [1.82, 2.24) is 10.2 Å². The number of carboxylic acid groups (broad SMARTS) is 1. The second-order valence-corrected chi connectivity index (χ2v) is 20.3. The number of Topliss-reactive ketones (excluding diaryl/α,β-unsaturated/α-hetero) is 1. The van der Waals surface area contributed by atoms with Crippen molar-refractivity contribution in [2.45, 2.75) is 127 Å². The number of aliphatic hydroxyl groups is 2. The zero-order valence-electron chi connectivity index (χ0n) is 40.6. The molecule has 13 heteroatoms. The summed E-state index contributed by atoms with van der Waals surface area (Å²) in [6.07, 6.45) is 15.4. The molecule has 0 radical (unpaired) electrons. The van der Waals surface area contributed by atoms with Crippen molar-refractivity contribution in [2.24, 2.45) is 17.0 Å². The first-order valence-corrected chi connectivity index (χ1v) is 26.2. The number of carbonyl (C=O) groups is 3. The van der Waals surface area contributed by atoms with E-state index in [-0.39, 0.29) is 46.8 Å². The molecule has 1 aliphatic heterocycles. The van der Waals surface area contributed by atoms with E-state index in [0.717, 1.165) is 45.2 Å². The largest absolute Gasteiger partial charge is 0.496 e. The predicted octanol–water partition coefficient (Wildman–Crippen LogP) is 9.61. The molecule has 3 aliphatic rings. The molecule has 5 aromatic rings. The van der Waals surface area contributed by atoms with E-state index < -0.39 is 28.2 Å². The number of hydrogen-bond acceptors (Lipinski definition) is 9. The van der Waals surface area contributed by atoms with E-state index >= 15 is 0 Å². The number of unbranched alkanes of at least 4 members (excludes halogenated alkanes) is 3. The molecule has 12 nitrogen and oxygen atoms in total. The molecular formula is C56H71N3O9S. The van der Waals surface area contributed by atoms with E-state index in [0.29, 0.717) is 49.9 Å². The summed E-state index contributed by atoms with van der Waals surface area (Å²) >= 11 is 0. The number of ketones is 1. The number of methoxy groups -OCH3 is 1. The van der Waals surface area contributed by atoms with Crippen LogP contribution in [0.1, 0.15) is 119 Å². The van der Waals surface area contributed by atoms with Crippen LogP contribution in [0.25, 0.3) is 32.3 Å². The number of fused-ring (bicyclic) bond motifs is 4. The molecule has 69 heavy (non-hydrogen) atoms. The molecule has 0 bridgehead atoms. The molecule has 1 amide bonds. The molecule has 1 saturated carbocycles. The molecule has 2 fully saturated rings. The fraction of sp³-hybridized carbons (Fsp3) is 0.446. The maximum absolute atomic E-state index is 12.4. The molecule has 6 atom stereocenters. The Morgan fingerprint density at radius 1 is 0.942 bits per heavy atom. The third kappa shape index (κ3) is 13.7. The highest BCUT2D eigenvalue weighted by Gasteiger charge is 2.39. The highest BCUT2D eigenvalue weighted by Crippen LogP contribution is 2.44. The minimum Gasteiger partial charge on any atom is -0.496 e. The number of nitrogens with zero attached hydrogens (tertiary/aromatic N) is 1. The van der Waals surface area contributed by atoms with E-state index in [1.165, 1.54) is 69.6 Å². The minimum atomic E-state index is -3.87. The Hall–Kier alpha value is -5.44. The number of carbonyl (C=O) groups excluding carboxylic acids is 2. The van der Waals surface area contributed by atoms with E-state index in [2.05, 4.69) is 91.7 Å². The average Bonchev–Trinajstić information content (AvgIpc) is 4.02. The number of ether oxygens (including phenoxy) is 1. The van der Waals surface area contributed by atoms with Gasteiger partial charge in [-0.15, -0.1) is 0 Å². The Morgan fingerprint density at radius 2 is 1.72 bits per heavy atom. The summed E-state index contributed by atoms with van der Waals surface area (Å²) in [6.45, 7) is 9.09. The first kappa shape index (κ1) is 52.9. The SMILES string of the molecule is CC1Cc2cccc3cc4c(ccc5ccccc54)c1c23.CCCCC[C@H](O)/C=C/[C@H]1[C@H](O)CC(=O)[C@@H]1C/C=C\CCCC(=O)O.CCN1CCCC1CNC(=O)c1cc(S(N)(=O)=O)ccc1OC. The first-order chi connectivity index (χ1) is 33.1. The molecule has 5 aromatic carbocycles. The maximum atomic E-state index is 12.4. The van der Waals surface area contributed by atoms with Gasteiger partial charge in [0.1, 0.15) is 11.5 Å². The van der Waals surface area contributed by atoms with Crippen molar-refractivity contribution in [3.05, 3.63) is 120 Å². The van der Waals surface area contributed by atoms with Crippen molar-refractivity contribution in [3.63, 3.8) is 0 Å². The van der Waals surface area contributed by atoms with Gasteiger partial charge in [-0.1, -0.05) is 119 Å². The topological polar surface area (TPSA) is 197 Å². The molecular weight excluding hydrogens is 891 g/mol. The van der Waals surface area contributed by atoms with Crippen LogP contribution in [0.5, 0.6) is 5.75 Å². The molecule has 1 saturated heterocycles. The van der Waals surface area contributed by atoms with Gasteiger partial charge in [0.15, 0.2) is 0 Å². The van der Waals surface area contributed by atoms with Gasteiger partial charge in [0.05, 0.1) is 29.8 Å². The average molecular weight is 962 g/mol. The summed E-state index contributed by atoms with van der Waals surface area (Å²) in [4.78, 5) is 37.2. The van der Waals surface area contributed by atoms with Gasteiger partial charge in [0.2, 0.25) is 10.0 Å². The Kier molecular flexibility index (Phi) is 19.1. The van der Waals surface area contributed by atoms with Crippen LogP contribution in [0.2, 0.25) is 0 Å². The van der Waals surface area contributed by atoms with Crippen LogP contribution in [-0.2, 0) is 26.0 Å². The van der Waals surface area contributed by atoms with Gasteiger partial charge in [0, 0.05) is 37.3 Å². The normalized spacial score (nSPS) is 20.6. The van der Waals surface area contributed by atoms with Crippen molar-refractivity contribution in [1.29, 1.82) is 0 Å². The fourth-order valence-corrected chi connectivity index (χ4v) is 10.8. The van der Waals surface area contributed by atoms with Crippen LogP contribution in [-0.4, -0.2) is 91.3 Å². The number of benzene rings is 5. The monoisotopic (exact) mass is 961 g/mol. The molecule has 6 N–H and O–H groups in total. The van der Waals surface area contributed by atoms with Crippen LogP contribution in [0.3, 0.4) is 0 Å². The molecule has 2 aliphatic carbocycles. The van der Waals surface area contributed by atoms with E-state index in [9.17, 15) is 33.0 Å². The second kappa shape index (κ2) is 24.9. The molecule has 1 heterocycles. The number of likely N-dealkylation sites (tertiary alicyclic amines) is 1. The number of aliphatic carboxylic acids is 1. The number of primary sulfonamides is 1. The number of aliphatic hydroxyl groups excluding tert-OH is 2. The second-order valence-electron chi connectivity index (χ2n) is 18.7. The predicted molar refractivity (Wildman–Crippen MR) is 275 cm³/mol. The van der Waals surface area contributed by atoms with Gasteiger partial charge in [-0.3, -0.25) is 19.3 Å². The molecule has 0 spiro atoms. The van der Waals surface area contributed by atoms with Gasteiger partial charge in [-0.05, 0) is 132 Å². The zero-order valence-corrected chi connectivity index (χ0v) is 41.4. The smallest absolute Gasteiger partial charge is 0.303 e. The number of amides is 1. The number of nitrogens with one attached hydrogen (secondary N) is 1. The van der Waals surface area contributed by atoms with Crippen LogP contribution in [0, 0.1) is 11.8 Å². The lowest BCUT2D eigenvalue weighted by Gasteiger charge is -2.23. The third-order valence-corrected chi connectivity index (χ3v) is 14.8. The van der Waals surface area contributed by atoms with Crippen LogP contribution in [0.4, 0.5) is 0 Å². The Morgan fingerprint density at radius 3 is 2.46 bits per heavy atom. The number of nitrogens with two attached hydrogens (primary N) is 1. The first-order valence-electron chi connectivity index (χ1n) is 24.7. The lowest BCUT2D eigenvalue weighted by Crippen LogP contribution is -2.40. The summed E-state index contributed by atoms with van der Waals surface area (Å²) in [7, 11) is -2.44. The molecule has 370 valence electrons. The number of likely N-dealkylation sites (N-methyl/N-ethyl adjacent to an activating group) is 1. The minimum absolute atomic E-state index is 0.0535. The van der Waals surface area contributed by atoms with Crippen molar-refractivity contribution < 1.29 is 42.9 Å². The highest BCUT2D eigenvalue weighted by molar-refractivity contribution is 7.89. The van der Waals surface area contributed by atoms with Gasteiger partial charge in [-0.25, -0.2) is 13.6 Å². The van der Waals surface area contributed by atoms with Gasteiger partial charge >= 0.3 is 5.97 Å². The van der Waals surface area contributed by atoms with Gasteiger partial charge < -0.3 is 25.4 Å². The number of rotatable bonds is 18. The Labute approximate surface area is 407 Å². The lowest BCUT2D eigenvalue weighted by molar-refractivity contribution is -0.137. The molecule has 0 aromatic heterocycles. The molecule has 2 unspecified atom stereocenters. The summed E-state index contributed by atoms with van der Waals surface area (Å²) in [5.74, 6) is -0.691. The summed E-state index contributed by atoms with van der Waals surface area (Å²) in [5, 5.41) is 45.1. The van der Waals surface area contributed by atoms with Crippen molar-refractivity contribution in [2.75, 3.05) is 26.7 Å². The van der Waals surface area contributed by atoms with E-state index in [4.69, 9.17) is 15.0 Å². The Balaban J connectivity index is 0.000000170. The van der Waals surface area contributed by atoms with Gasteiger partial charge in [0.25, 0.3) is 5.91 Å².